The van der Waals surface area contributed by atoms with E-state index in [2.05, 4.69) is 15.6 Å². The number of pyridine rings is 1. The van der Waals surface area contributed by atoms with E-state index in [9.17, 15) is 18.0 Å². The second kappa shape index (κ2) is 7.22. The Labute approximate surface area is 113 Å². The quantitative estimate of drug-likeness (QED) is 0.791. The molecule has 0 bridgehead atoms. The van der Waals surface area contributed by atoms with Crippen molar-refractivity contribution in [3.63, 3.8) is 0 Å². The van der Waals surface area contributed by atoms with Crippen molar-refractivity contribution < 1.29 is 18.0 Å². The number of nitrogens with zero attached hydrogens (tertiary/aromatic N) is 1. The van der Waals surface area contributed by atoms with Crippen LogP contribution in [0.5, 0.6) is 0 Å². The molecule has 1 rings (SSSR count). The number of anilines is 1. The summed E-state index contributed by atoms with van der Waals surface area (Å²) in [6.45, 7) is 2.45. The normalized spacial score (nSPS) is 11.2. The van der Waals surface area contributed by atoms with Gasteiger partial charge in [0.25, 0.3) is 5.91 Å². The number of halogens is 3. The van der Waals surface area contributed by atoms with E-state index in [1.807, 2.05) is 6.92 Å². The number of carbonyl (C=O) groups is 1. The number of hydrogen-bond donors (Lipinski definition) is 2. The Morgan fingerprint density at radius 1 is 1.47 bits per heavy atom. The van der Waals surface area contributed by atoms with E-state index in [0.717, 1.165) is 0 Å². The Hall–Kier alpha value is -1.44. The topological polar surface area (TPSA) is 54.0 Å². The zero-order valence-electron chi connectivity index (χ0n) is 10.3. The highest BCUT2D eigenvalue weighted by molar-refractivity contribution is 8.00. The minimum atomic E-state index is -4.27. The van der Waals surface area contributed by atoms with E-state index >= 15 is 0 Å². The van der Waals surface area contributed by atoms with Crippen molar-refractivity contribution in [3.05, 3.63) is 24.0 Å². The summed E-state index contributed by atoms with van der Waals surface area (Å²) in [4.78, 5) is 15.7. The van der Waals surface area contributed by atoms with E-state index in [-0.39, 0.29) is 24.1 Å². The minimum Gasteiger partial charge on any atom is -0.383 e. The predicted octanol–water partition coefficient (Wildman–Crippen LogP) is 2.50. The van der Waals surface area contributed by atoms with Crippen molar-refractivity contribution in [3.8, 4) is 0 Å². The van der Waals surface area contributed by atoms with Gasteiger partial charge >= 0.3 is 5.51 Å². The molecule has 2 N–H and O–H groups in total. The van der Waals surface area contributed by atoms with Crippen LogP contribution in [0, 0.1) is 0 Å². The molecule has 0 atom stereocenters. The number of aromatic nitrogens is 1. The van der Waals surface area contributed by atoms with E-state index in [4.69, 9.17) is 0 Å². The number of thioether (sulfide) groups is 1. The van der Waals surface area contributed by atoms with Gasteiger partial charge in [0.05, 0.1) is 17.4 Å². The number of alkyl halides is 3. The highest BCUT2D eigenvalue weighted by Gasteiger charge is 2.27. The molecule has 0 aliphatic heterocycles. The second-order valence-electron chi connectivity index (χ2n) is 3.50. The lowest BCUT2D eigenvalue weighted by molar-refractivity contribution is -0.0327. The van der Waals surface area contributed by atoms with E-state index in [1.54, 1.807) is 0 Å². The number of hydrogen-bond acceptors (Lipinski definition) is 4. The standard InChI is InChI=1S/C11H14F3N3OS/c1-2-16-9-7-15-4-3-8(9)10(18)17-5-6-19-11(12,13)14/h3-4,7,16H,2,5-6H2,1H3,(H,17,18). The first kappa shape index (κ1) is 15.6. The highest BCUT2D eigenvalue weighted by Crippen LogP contribution is 2.29. The largest absolute Gasteiger partial charge is 0.441 e. The van der Waals surface area contributed by atoms with Gasteiger partial charge in [0.2, 0.25) is 0 Å². The van der Waals surface area contributed by atoms with Crippen LogP contribution in [-0.4, -0.2) is 35.2 Å². The van der Waals surface area contributed by atoms with E-state index in [1.165, 1.54) is 18.5 Å². The Kier molecular flexibility index (Phi) is 5.94. The molecule has 0 radical (unpaired) electrons. The van der Waals surface area contributed by atoms with Gasteiger partial charge in [0, 0.05) is 25.0 Å². The molecule has 0 unspecified atom stereocenters. The van der Waals surface area contributed by atoms with Crippen molar-refractivity contribution >= 4 is 23.4 Å². The van der Waals surface area contributed by atoms with E-state index in [0.29, 0.717) is 17.8 Å². The van der Waals surface area contributed by atoms with Gasteiger partial charge in [0.1, 0.15) is 0 Å². The third-order valence-corrected chi connectivity index (χ3v) is 2.82. The summed E-state index contributed by atoms with van der Waals surface area (Å²) in [5.41, 5.74) is -3.34. The fraction of sp³-hybridized carbons (Fsp3) is 0.455. The summed E-state index contributed by atoms with van der Waals surface area (Å²) in [5, 5.41) is 5.41. The third kappa shape index (κ3) is 5.82. The molecule has 0 aliphatic carbocycles. The molecule has 4 nitrogen and oxygen atoms in total. The molecule has 0 saturated heterocycles. The van der Waals surface area contributed by atoms with E-state index < -0.39 is 11.4 Å². The van der Waals surface area contributed by atoms with Crippen molar-refractivity contribution in [2.75, 3.05) is 24.2 Å². The molecule has 1 aromatic heterocycles. The maximum absolute atomic E-state index is 11.9. The molecule has 19 heavy (non-hydrogen) atoms. The van der Waals surface area contributed by atoms with Gasteiger partial charge in [-0.05, 0) is 24.8 Å². The summed E-state index contributed by atoms with van der Waals surface area (Å²) in [7, 11) is 0. The summed E-state index contributed by atoms with van der Waals surface area (Å²) >= 11 is -0.157. The summed E-state index contributed by atoms with van der Waals surface area (Å²) in [5.74, 6) is -0.627. The molecule has 1 heterocycles. The first-order chi connectivity index (χ1) is 8.94. The number of nitrogens with one attached hydrogen (secondary N) is 2. The molecule has 1 amide bonds. The molecule has 8 heteroatoms. The molecule has 1 aromatic rings. The molecule has 0 fully saturated rings. The van der Waals surface area contributed by atoms with Crippen LogP contribution in [-0.2, 0) is 0 Å². The van der Waals surface area contributed by atoms with Crippen molar-refractivity contribution in [2.45, 2.75) is 12.4 Å². The summed E-state index contributed by atoms with van der Waals surface area (Å²) in [6, 6.07) is 1.52. The lowest BCUT2D eigenvalue weighted by Gasteiger charge is -2.10. The van der Waals surface area contributed by atoms with Crippen LogP contribution in [0.4, 0.5) is 18.9 Å². The third-order valence-electron chi connectivity index (χ3n) is 2.09. The fourth-order valence-electron chi connectivity index (χ4n) is 1.35. The molecule has 106 valence electrons. The average molecular weight is 293 g/mol. The minimum absolute atomic E-state index is 0.0447. The molecular formula is C11H14F3N3OS. The van der Waals surface area contributed by atoms with Crippen LogP contribution in [0.25, 0.3) is 0 Å². The van der Waals surface area contributed by atoms with Gasteiger partial charge in [-0.25, -0.2) is 0 Å². The molecule has 0 aromatic carbocycles. The highest BCUT2D eigenvalue weighted by atomic mass is 32.2. The van der Waals surface area contributed by atoms with Crippen molar-refractivity contribution in [1.82, 2.24) is 10.3 Å². The van der Waals surface area contributed by atoms with Crippen LogP contribution < -0.4 is 10.6 Å². The maximum atomic E-state index is 11.9. The first-order valence-electron chi connectivity index (χ1n) is 5.61. The average Bonchev–Trinajstić information content (AvgIpc) is 2.34. The van der Waals surface area contributed by atoms with Gasteiger partial charge in [-0.1, -0.05) is 0 Å². The number of rotatable bonds is 6. The zero-order chi connectivity index (χ0) is 14.3. The van der Waals surface area contributed by atoms with Gasteiger partial charge in [-0.2, -0.15) is 13.2 Å². The molecule has 0 spiro atoms. The monoisotopic (exact) mass is 293 g/mol. The van der Waals surface area contributed by atoms with Crippen LogP contribution in [0.2, 0.25) is 0 Å². The second-order valence-corrected chi connectivity index (χ2v) is 4.66. The molecule has 0 saturated carbocycles. The zero-order valence-corrected chi connectivity index (χ0v) is 11.1. The first-order valence-corrected chi connectivity index (χ1v) is 6.59. The number of carbonyl (C=O) groups excluding carboxylic acids is 1. The van der Waals surface area contributed by atoms with Gasteiger partial charge < -0.3 is 10.6 Å². The van der Waals surface area contributed by atoms with Crippen LogP contribution in [0.3, 0.4) is 0 Å². The van der Waals surface area contributed by atoms with Crippen molar-refractivity contribution in [2.24, 2.45) is 0 Å². The Morgan fingerprint density at radius 2 is 2.21 bits per heavy atom. The van der Waals surface area contributed by atoms with Gasteiger partial charge in [-0.3, -0.25) is 9.78 Å². The van der Waals surface area contributed by atoms with Crippen LogP contribution in [0.15, 0.2) is 18.5 Å². The summed E-state index contributed by atoms with van der Waals surface area (Å²) < 4.78 is 35.7. The number of amides is 1. The van der Waals surface area contributed by atoms with Crippen molar-refractivity contribution in [1.29, 1.82) is 0 Å². The van der Waals surface area contributed by atoms with Crippen LogP contribution in [0.1, 0.15) is 17.3 Å². The lowest BCUT2D eigenvalue weighted by Crippen LogP contribution is -2.27. The van der Waals surface area contributed by atoms with Gasteiger partial charge in [0.15, 0.2) is 0 Å². The van der Waals surface area contributed by atoms with Gasteiger partial charge in [-0.15, -0.1) is 0 Å². The summed E-state index contributed by atoms with van der Waals surface area (Å²) in [6.07, 6.45) is 2.96. The Bertz CT molecular complexity index is 426. The lowest BCUT2D eigenvalue weighted by atomic mass is 10.2. The Morgan fingerprint density at radius 3 is 2.84 bits per heavy atom. The van der Waals surface area contributed by atoms with Crippen LogP contribution >= 0.6 is 11.8 Å². The maximum Gasteiger partial charge on any atom is 0.441 e. The smallest absolute Gasteiger partial charge is 0.383 e. The Balaban J connectivity index is 2.49. The predicted molar refractivity (Wildman–Crippen MR) is 69.2 cm³/mol. The molecular weight excluding hydrogens is 279 g/mol. The SMILES string of the molecule is CCNc1cnccc1C(=O)NCCSC(F)(F)F. The molecule has 0 aliphatic rings. The fourth-order valence-corrected chi connectivity index (χ4v) is 1.79.